The molecule has 0 spiro atoms. The minimum Gasteiger partial charge on any atom is -0.317 e. The first-order valence-corrected chi connectivity index (χ1v) is 5.99. The Morgan fingerprint density at radius 2 is 1.75 bits per heavy atom. The molecule has 0 aromatic heterocycles. The van der Waals surface area contributed by atoms with Crippen LogP contribution in [0.2, 0.25) is 0 Å². The highest BCUT2D eigenvalue weighted by Crippen LogP contribution is 2.35. The van der Waals surface area contributed by atoms with Crippen molar-refractivity contribution in [3.05, 3.63) is 0 Å². The molecular formula is C11H19F3N2. The lowest BCUT2D eigenvalue weighted by molar-refractivity contribution is -0.166. The molecule has 16 heavy (non-hydrogen) atoms. The number of piperidine rings is 2. The highest BCUT2D eigenvalue weighted by atomic mass is 19.4. The van der Waals surface area contributed by atoms with Crippen LogP contribution in [0.15, 0.2) is 0 Å². The van der Waals surface area contributed by atoms with Gasteiger partial charge in [-0.25, -0.2) is 0 Å². The summed E-state index contributed by atoms with van der Waals surface area (Å²) in [4.78, 5) is 1.69. The molecular weight excluding hydrogens is 217 g/mol. The fraction of sp³-hybridized carbons (Fsp3) is 1.00. The van der Waals surface area contributed by atoms with Crippen LogP contribution in [-0.2, 0) is 0 Å². The van der Waals surface area contributed by atoms with Crippen molar-refractivity contribution in [2.75, 3.05) is 13.6 Å². The number of nitrogens with one attached hydrogen (secondary N) is 1. The minimum atomic E-state index is -4.06. The van der Waals surface area contributed by atoms with Crippen LogP contribution < -0.4 is 5.32 Å². The van der Waals surface area contributed by atoms with E-state index >= 15 is 0 Å². The zero-order chi connectivity index (χ0) is 11.8. The van der Waals surface area contributed by atoms with E-state index in [1.165, 1.54) is 0 Å². The summed E-state index contributed by atoms with van der Waals surface area (Å²) in [6, 6.07) is 0.665. The molecule has 0 amide bonds. The minimum absolute atomic E-state index is 0.131. The summed E-state index contributed by atoms with van der Waals surface area (Å²) >= 11 is 0. The van der Waals surface area contributed by atoms with Crippen molar-refractivity contribution in [1.29, 1.82) is 0 Å². The van der Waals surface area contributed by atoms with E-state index < -0.39 is 12.7 Å². The molecule has 2 unspecified atom stereocenters. The molecule has 0 saturated carbocycles. The van der Waals surface area contributed by atoms with Crippen LogP contribution in [-0.4, -0.2) is 42.8 Å². The maximum absolute atomic E-state index is 12.5. The number of halogens is 3. The Labute approximate surface area is 94.2 Å². The van der Waals surface area contributed by atoms with Gasteiger partial charge in [0.1, 0.15) is 0 Å². The van der Waals surface area contributed by atoms with E-state index in [9.17, 15) is 13.2 Å². The normalized spacial score (nSPS) is 36.4. The standard InChI is InChI=1S/C11H19F3N2/c1-15-8-5-9-3-2-4-10(6-8)16(9)7-11(12,13)14/h8-10,15H,2-7H2,1H3. The van der Waals surface area contributed by atoms with Crippen molar-refractivity contribution in [2.45, 2.75) is 56.4 Å². The van der Waals surface area contributed by atoms with Crippen LogP contribution in [0.4, 0.5) is 13.2 Å². The van der Waals surface area contributed by atoms with Crippen LogP contribution in [0, 0.1) is 0 Å². The average molecular weight is 236 g/mol. The molecule has 2 fully saturated rings. The summed E-state index contributed by atoms with van der Waals surface area (Å²) in [7, 11) is 1.90. The first kappa shape index (κ1) is 12.2. The molecule has 2 rings (SSSR count). The quantitative estimate of drug-likeness (QED) is 0.790. The summed E-state index contributed by atoms with van der Waals surface area (Å²) in [6.07, 6.45) is 0.599. The second-order valence-electron chi connectivity index (χ2n) is 4.98. The lowest BCUT2D eigenvalue weighted by atomic mass is 9.82. The van der Waals surface area contributed by atoms with E-state index in [2.05, 4.69) is 5.32 Å². The predicted octanol–water partition coefficient (Wildman–Crippen LogP) is 2.15. The second kappa shape index (κ2) is 4.53. The van der Waals surface area contributed by atoms with Gasteiger partial charge < -0.3 is 5.32 Å². The summed E-state index contributed by atoms with van der Waals surface area (Å²) in [5.74, 6) is 0. The smallest absolute Gasteiger partial charge is 0.317 e. The Morgan fingerprint density at radius 1 is 1.19 bits per heavy atom. The van der Waals surface area contributed by atoms with E-state index in [0.717, 1.165) is 32.1 Å². The zero-order valence-electron chi connectivity index (χ0n) is 9.56. The lowest BCUT2D eigenvalue weighted by Crippen LogP contribution is -2.57. The van der Waals surface area contributed by atoms with Crippen molar-refractivity contribution < 1.29 is 13.2 Å². The molecule has 2 heterocycles. The molecule has 2 atom stereocenters. The Bertz CT molecular complexity index is 228. The molecule has 0 aliphatic carbocycles. The van der Waals surface area contributed by atoms with Gasteiger partial charge in [0.25, 0.3) is 0 Å². The molecule has 2 aliphatic rings. The van der Waals surface area contributed by atoms with E-state index in [0.29, 0.717) is 6.04 Å². The van der Waals surface area contributed by atoms with Gasteiger partial charge in [0.15, 0.2) is 0 Å². The molecule has 94 valence electrons. The van der Waals surface area contributed by atoms with Crippen LogP contribution in [0.5, 0.6) is 0 Å². The van der Waals surface area contributed by atoms with E-state index in [1.807, 2.05) is 7.05 Å². The number of fused-ring (bicyclic) bond motifs is 2. The lowest BCUT2D eigenvalue weighted by Gasteiger charge is -2.49. The van der Waals surface area contributed by atoms with E-state index in [1.54, 1.807) is 4.90 Å². The molecule has 2 saturated heterocycles. The third-order valence-corrected chi connectivity index (χ3v) is 3.90. The Morgan fingerprint density at radius 3 is 2.19 bits per heavy atom. The highest BCUT2D eigenvalue weighted by molar-refractivity contribution is 4.95. The van der Waals surface area contributed by atoms with Gasteiger partial charge in [-0.2, -0.15) is 13.2 Å². The SMILES string of the molecule is CNC1CC2CCCC(C1)N2CC(F)(F)F. The third-order valence-electron chi connectivity index (χ3n) is 3.90. The number of rotatable bonds is 2. The number of nitrogens with zero attached hydrogens (tertiary/aromatic N) is 1. The van der Waals surface area contributed by atoms with Gasteiger partial charge in [-0.15, -0.1) is 0 Å². The van der Waals surface area contributed by atoms with Gasteiger partial charge in [-0.05, 0) is 32.7 Å². The Balaban J connectivity index is 2.03. The van der Waals surface area contributed by atoms with Crippen LogP contribution >= 0.6 is 0 Å². The predicted molar refractivity (Wildman–Crippen MR) is 56.3 cm³/mol. The topological polar surface area (TPSA) is 15.3 Å². The molecule has 0 aromatic carbocycles. The van der Waals surface area contributed by atoms with Gasteiger partial charge >= 0.3 is 6.18 Å². The largest absolute Gasteiger partial charge is 0.401 e. The van der Waals surface area contributed by atoms with Gasteiger partial charge in [0.2, 0.25) is 0 Å². The van der Waals surface area contributed by atoms with Crippen molar-refractivity contribution in [1.82, 2.24) is 10.2 Å². The summed E-state index contributed by atoms with van der Waals surface area (Å²) in [5, 5.41) is 3.21. The van der Waals surface area contributed by atoms with Gasteiger partial charge in [0.05, 0.1) is 6.54 Å². The van der Waals surface area contributed by atoms with E-state index in [4.69, 9.17) is 0 Å². The molecule has 2 nitrogen and oxygen atoms in total. The highest BCUT2D eigenvalue weighted by Gasteiger charge is 2.43. The second-order valence-corrected chi connectivity index (χ2v) is 4.98. The first-order valence-electron chi connectivity index (χ1n) is 5.99. The molecule has 2 aliphatic heterocycles. The maximum Gasteiger partial charge on any atom is 0.401 e. The molecule has 5 heteroatoms. The van der Waals surface area contributed by atoms with E-state index in [-0.39, 0.29) is 12.1 Å². The fourth-order valence-electron chi connectivity index (χ4n) is 3.18. The van der Waals surface area contributed by atoms with Crippen molar-refractivity contribution in [3.8, 4) is 0 Å². The van der Waals surface area contributed by atoms with Crippen LogP contribution in [0.25, 0.3) is 0 Å². The number of hydrogen-bond donors (Lipinski definition) is 1. The van der Waals surface area contributed by atoms with Gasteiger partial charge in [0, 0.05) is 18.1 Å². The van der Waals surface area contributed by atoms with Crippen molar-refractivity contribution in [3.63, 3.8) is 0 Å². The average Bonchev–Trinajstić information content (AvgIpc) is 2.14. The number of hydrogen-bond acceptors (Lipinski definition) is 2. The Hall–Kier alpha value is -0.290. The van der Waals surface area contributed by atoms with Crippen LogP contribution in [0.1, 0.15) is 32.1 Å². The maximum atomic E-state index is 12.5. The summed E-state index contributed by atoms with van der Waals surface area (Å²) < 4.78 is 37.4. The van der Waals surface area contributed by atoms with Gasteiger partial charge in [-0.3, -0.25) is 4.90 Å². The third kappa shape index (κ3) is 2.69. The fourth-order valence-corrected chi connectivity index (χ4v) is 3.18. The Kier molecular flexibility index (Phi) is 3.45. The van der Waals surface area contributed by atoms with Crippen molar-refractivity contribution in [2.24, 2.45) is 0 Å². The zero-order valence-corrected chi connectivity index (χ0v) is 9.56. The van der Waals surface area contributed by atoms with Crippen LogP contribution in [0.3, 0.4) is 0 Å². The first-order chi connectivity index (χ1) is 7.49. The summed E-state index contributed by atoms with van der Waals surface area (Å²) in [5.41, 5.74) is 0. The monoisotopic (exact) mass is 236 g/mol. The molecule has 0 aromatic rings. The number of alkyl halides is 3. The molecule has 2 bridgehead atoms. The molecule has 0 radical (unpaired) electrons. The summed E-state index contributed by atoms with van der Waals surface area (Å²) in [6.45, 7) is -0.723. The van der Waals surface area contributed by atoms with Crippen molar-refractivity contribution >= 4 is 0 Å². The van der Waals surface area contributed by atoms with Gasteiger partial charge in [-0.1, -0.05) is 6.42 Å². The molecule has 1 N–H and O–H groups in total.